The van der Waals surface area contributed by atoms with Crippen molar-refractivity contribution in [3.63, 3.8) is 0 Å². The van der Waals surface area contributed by atoms with Gasteiger partial charge in [0.25, 0.3) is 0 Å². The number of anilines is 2. The van der Waals surface area contributed by atoms with E-state index in [4.69, 9.17) is 4.98 Å². The second kappa shape index (κ2) is 8.47. The van der Waals surface area contributed by atoms with Gasteiger partial charge in [-0.15, -0.1) is 0 Å². The number of pyridine rings is 1. The van der Waals surface area contributed by atoms with Crippen molar-refractivity contribution in [2.24, 2.45) is 0 Å². The summed E-state index contributed by atoms with van der Waals surface area (Å²) >= 11 is 0. The van der Waals surface area contributed by atoms with Gasteiger partial charge in [-0.25, -0.2) is 4.98 Å². The Balaban J connectivity index is 1.15. The van der Waals surface area contributed by atoms with Crippen LogP contribution >= 0.6 is 0 Å². The molecule has 5 nitrogen and oxygen atoms in total. The molecule has 0 bridgehead atoms. The van der Waals surface area contributed by atoms with Crippen LogP contribution in [0.4, 0.5) is 11.5 Å². The number of likely N-dealkylation sites (tertiary alicyclic amines) is 1. The summed E-state index contributed by atoms with van der Waals surface area (Å²) in [7, 11) is 0. The van der Waals surface area contributed by atoms with E-state index in [1.807, 2.05) is 0 Å². The summed E-state index contributed by atoms with van der Waals surface area (Å²) < 4.78 is 2.34. The largest absolute Gasteiger partial charge is 0.368 e. The molecule has 2 aromatic heterocycles. The molecule has 0 aliphatic carbocycles. The van der Waals surface area contributed by atoms with Gasteiger partial charge in [0.1, 0.15) is 11.5 Å². The van der Waals surface area contributed by atoms with Crippen molar-refractivity contribution in [2.45, 2.75) is 19.4 Å². The fourth-order valence-corrected chi connectivity index (χ4v) is 5.23. The molecule has 0 atom stereocenters. The van der Waals surface area contributed by atoms with Crippen molar-refractivity contribution in [3.8, 4) is 0 Å². The average Bonchev–Trinajstić information content (AvgIpc) is 3.52. The summed E-state index contributed by atoms with van der Waals surface area (Å²) in [5.41, 5.74) is 2.45. The molecule has 5 heteroatoms. The van der Waals surface area contributed by atoms with Crippen LogP contribution in [-0.2, 0) is 6.54 Å². The lowest BCUT2D eigenvalue weighted by Crippen LogP contribution is -2.46. The lowest BCUT2D eigenvalue weighted by molar-refractivity contribution is 0.324. The monoisotopic (exact) mass is 425 g/mol. The Bertz CT molecular complexity index is 1220. The number of hydrogen-bond donors (Lipinski definition) is 0. The summed E-state index contributed by atoms with van der Waals surface area (Å²) in [5.74, 6) is 1.11. The molecule has 4 aromatic rings. The summed E-state index contributed by atoms with van der Waals surface area (Å²) in [6, 6.07) is 22.1. The fraction of sp³-hybridized carbons (Fsp3) is 0.370. The van der Waals surface area contributed by atoms with Gasteiger partial charge in [0.05, 0.1) is 0 Å². The second-order valence-electron chi connectivity index (χ2n) is 9.15. The molecule has 4 heterocycles. The molecule has 2 aliphatic heterocycles. The predicted octanol–water partition coefficient (Wildman–Crippen LogP) is 4.61. The maximum absolute atomic E-state index is 5.09. The van der Waals surface area contributed by atoms with Crippen molar-refractivity contribution < 1.29 is 0 Å². The number of piperazine rings is 1. The number of benzene rings is 2. The van der Waals surface area contributed by atoms with E-state index >= 15 is 0 Å². The van der Waals surface area contributed by atoms with Gasteiger partial charge in [-0.3, -0.25) is 0 Å². The maximum atomic E-state index is 5.09. The number of rotatable bonds is 5. The van der Waals surface area contributed by atoms with E-state index in [9.17, 15) is 0 Å². The average molecular weight is 426 g/mol. The Morgan fingerprint density at radius 3 is 2.25 bits per heavy atom. The topological polar surface area (TPSA) is 27.5 Å². The maximum Gasteiger partial charge on any atom is 0.142 e. The van der Waals surface area contributed by atoms with Crippen LogP contribution < -0.4 is 9.80 Å². The second-order valence-corrected chi connectivity index (χ2v) is 9.15. The first-order valence-electron chi connectivity index (χ1n) is 12.0. The van der Waals surface area contributed by atoms with Crippen molar-refractivity contribution in [1.29, 1.82) is 0 Å². The normalized spacial score (nSPS) is 17.6. The first kappa shape index (κ1) is 19.6. The minimum atomic E-state index is 1.000. The van der Waals surface area contributed by atoms with Crippen LogP contribution in [0.25, 0.3) is 21.8 Å². The molecule has 2 fully saturated rings. The Labute approximate surface area is 189 Å². The molecular formula is C27H31N5. The Hall–Kier alpha value is -3.05. The SMILES string of the molecule is c1ccc2cc(N3CCN(c4ccc5ccn(CCN6CCCC6)c5n4)CC3)ccc2c1. The first-order chi connectivity index (χ1) is 15.8. The molecule has 0 saturated carbocycles. The molecule has 2 saturated heterocycles. The lowest BCUT2D eigenvalue weighted by Gasteiger charge is -2.37. The van der Waals surface area contributed by atoms with Crippen LogP contribution in [0.5, 0.6) is 0 Å². The van der Waals surface area contributed by atoms with Crippen LogP contribution in [-0.4, -0.2) is 60.3 Å². The Morgan fingerprint density at radius 1 is 0.656 bits per heavy atom. The highest BCUT2D eigenvalue weighted by Crippen LogP contribution is 2.25. The zero-order chi connectivity index (χ0) is 21.3. The Kier molecular flexibility index (Phi) is 5.19. The van der Waals surface area contributed by atoms with Gasteiger partial charge in [-0.1, -0.05) is 30.3 Å². The Morgan fingerprint density at radius 2 is 1.41 bits per heavy atom. The molecule has 0 amide bonds. The van der Waals surface area contributed by atoms with Gasteiger partial charge in [0, 0.05) is 56.5 Å². The molecule has 32 heavy (non-hydrogen) atoms. The van der Waals surface area contributed by atoms with Crippen LogP contribution in [0.2, 0.25) is 0 Å². The third kappa shape index (κ3) is 3.82. The van der Waals surface area contributed by atoms with E-state index < -0.39 is 0 Å². The summed E-state index contributed by atoms with van der Waals surface area (Å²) in [4.78, 5) is 12.6. The molecule has 0 N–H and O–H groups in total. The van der Waals surface area contributed by atoms with E-state index in [1.54, 1.807) is 0 Å². The standard InChI is InChI=1S/C27H31N5/c1-2-6-24-21-25(9-7-22(24)5-1)30-17-19-31(20-18-30)26-10-8-23-11-14-32(27(23)28-26)16-15-29-12-3-4-13-29/h1-2,5-11,14,21H,3-4,12-13,15-20H2. The molecule has 2 aliphatic rings. The highest BCUT2D eigenvalue weighted by molar-refractivity contribution is 5.86. The quantitative estimate of drug-likeness (QED) is 0.467. The summed E-state index contributed by atoms with van der Waals surface area (Å²) in [5, 5.41) is 3.86. The number of aromatic nitrogens is 2. The van der Waals surface area contributed by atoms with Crippen molar-refractivity contribution in [1.82, 2.24) is 14.5 Å². The zero-order valence-electron chi connectivity index (χ0n) is 18.7. The molecule has 164 valence electrons. The summed E-state index contributed by atoms with van der Waals surface area (Å²) in [6.07, 6.45) is 4.90. The van der Waals surface area contributed by atoms with E-state index in [1.165, 1.54) is 47.8 Å². The number of nitrogens with zero attached hydrogens (tertiary/aromatic N) is 5. The van der Waals surface area contributed by atoms with Gasteiger partial charge in [-0.05, 0) is 67.0 Å². The first-order valence-corrected chi connectivity index (χ1v) is 12.0. The van der Waals surface area contributed by atoms with Crippen LogP contribution in [0, 0.1) is 0 Å². The summed E-state index contributed by atoms with van der Waals surface area (Å²) in [6.45, 7) is 8.69. The molecule has 0 spiro atoms. The fourth-order valence-electron chi connectivity index (χ4n) is 5.23. The van der Waals surface area contributed by atoms with Crippen molar-refractivity contribution >= 4 is 33.3 Å². The van der Waals surface area contributed by atoms with Crippen LogP contribution in [0.15, 0.2) is 66.9 Å². The molecule has 0 radical (unpaired) electrons. The number of fused-ring (bicyclic) bond motifs is 2. The molecule has 2 aromatic carbocycles. The minimum Gasteiger partial charge on any atom is -0.368 e. The molecule has 0 unspecified atom stereocenters. The third-order valence-electron chi connectivity index (χ3n) is 7.15. The van der Waals surface area contributed by atoms with Crippen molar-refractivity contribution in [3.05, 3.63) is 66.9 Å². The molecule has 6 rings (SSSR count). The number of hydrogen-bond acceptors (Lipinski definition) is 4. The minimum absolute atomic E-state index is 1.000. The highest BCUT2D eigenvalue weighted by Gasteiger charge is 2.19. The van der Waals surface area contributed by atoms with Gasteiger partial charge >= 0.3 is 0 Å². The van der Waals surface area contributed by atoms with Crippen molar-refractivity contribution in [2.75, 3.05) is 55.6 Å². The smallest absolute Gasteiger partial charge is 0.142 e. The van der Waals surface area contributed by atoms with Gasteiger partial charge in [-0.2, -0.15) is 0 Å². The van der Waals surface area contributed by atoms with E-state index in [0.29, 0.717) is 0 Å². The van der Waals surface area contributed by atoms with E-state index in [-0.39, 0.29) is 0 Å². The van der Waals surface area contributed by atoms with Gasteiger partial charge in [0.15, 0.2) is 0 Å². The van der Waals surface area contributed by atoms with Crippen LogP contribution in [0.3, 0.4) is 0 Å². The molecular weight excluding hydrogens is 394 g/mol. The zero-order valence-corrected chi connectivity index (χ0v) is 18.7. The van der Waals surface area contributed by atoms with Gasteiger partial charge < -0.3 is 19.3 Å². The lowest BCUT2D eigenvalue weighted by atomic mass is 10.1. The van der Waals surface area contributed by atoms with E-state index in [2.05, 4.69) is 86.1 Å². The predicted molar refractivity (Wildman–Crippen MR) is 134 cm³/mol. The highest BCUT2D eigenvalue weighted by atomic mass is 15.3. The van der Waals surface area contributed by atoms with Gasteiger partial charge in [0.2, 0.25) is 0 Å². The van der Waals surface area contributed by atoms with Crippen LogP contribution in [0.1, 0.15) is 12.8 Å². The third-order valence-corrected chi connectivity index (χ3v) is 7.15. The van der Waals surface area contributed by atoms with E-state index in [0.717, 1.165) is 50.7 Å².